The van der Waals surface area contributed by atoms with Gasteiger partial charge in [-0.15, -0.1) is 24.0 Å². The highest BCUT2D eigenvalue weighted by Crippen LogP contribution is 2.29. The monoisotopic (exact) mass is 401 g/mol. The summed E-state index contributed by atoms with van der Waals surface area (Å²) >= 11 is 0. The van der Waals surface area contributed by atoms with E-state index in [1.807, 2.05) is 13.8 Å². The second-order valence-electron chi connectivity index (χ2n) is 4.51. The van der Waals surface area contributed by atoms with Crippen molar-refractivity contribution in [2.45, 2.75) is 32.5 Å². The number of aliphatic imine (C=N–C) groups is 1. The second kappa shape index (κ2) is 8.33. The van der Waals surface area contributed by atoms with Crippen LogP contribution < -0.4 is 11.1 Å². The molecule has 0 aliphatic heterocycles. The van der Waals surface area contributed by atoms with E-state index in [4.69, 9.17) is 5.73 Å². The minimum Gasteiger partial charge on any atom is -0.370 e. The predicted molar refractivity (Wildman–Crippen MR) is 85.3 cm³/mol. The van der Waals surface area contributed by atoms with Gasteiger partial charge in [0.15, 0.2) is 5.96 Å². The molecule has 1 aromatic carbocycles. The summed E-state index contributed by atoms with van der Waals surface area (Å²) in [4.78, 5) is 4.09. The molecule has 1 aromatic rings. The number of nitrogens with one attached hydrogen (secondary N) is 1. The SMILES string of the molecule is CC(C)NC(N)=NCCc1ccc(C(F)(F)F)cc1.I. The van der Waals surface area contributed by atoms with Crippen LogP contribution in [-0.4, -0.2) is 18.5 Å². The van der Waals surface area contributed by atoms with Crippen LogP contribution in [0.3, 0.4) is 0 Å². The summed E-state index contributed by atoms with van der Waals surface area (Å²) < 4.78 is 37.1. The zero-order valence-corrected chi connectivity index (χ0v) is 13.7. The number of benzene rings is 1. The average molecular weight is 401 g/mol. The van der Waals surface area contributed by atoms with Crippen LogP contribution >= 0.6 is 24.0 Å². The third kappa shape index (κ3) is 6.97. The molecule has 0 radical (unpaired) electrons. The summed E-state index contributed by atoms with van der Waals surface area (Å²) in [7, 11) is 0. The lowest BCUT2D eigenvalue weighted by Crippen LogP contribution is -2.36. The molecule has 0 saturated carbocycles. The normalized spacial score (nSPS) is 12.2. The molecule has 0 saturated heterocycles. The summed E-state index contributed by atoms with van der Waals surface area (Å²) in [6.07, 6.45) is -3.74. The van der Waals surface area contributed by atoms with Crippen molar-refractivity contribution in [2.75, 3.05) is 6.54 Å². The lowest BCUT2D eigenvalue weighted by Gasteiger charge is -2.09. The first-order valence-corrected chi connectivity index (χ1v) is 6.01. The summed E-state index contributed by atoms with van der Waals surface area (Å²) in [5.74, 6) is 0.349. The van der Waals surface area contributed by atoms with E-state index < -0.39 is 11.7 Å². The van der Waals surface area contributed by atoms with Gasteiger partial charge in [-0.1, -0.05) is 12.1 Å². The molecular weight excluding hydrogens is 382 g/mol. The molecule has 0 heterocycles. The van der Waals surface area contributed by atoms with E-state index >= 15 is 0 Å². The van der Waals surface area contributed by atoms with Gasteiger partial charge in [-0.25, -0.2) is 0 Å². The van der Waals surface area contributed by atoms with Crippen LogP contribution in [0.25, 0.3) is 0 Å². The Labute approximate surface area is 133 Å². The smallest absolute Gasteiger partial charge is 0.370 e. The van der Waals surface area contributed by atoms with E-state index in [1.54, 1.807) is 0 Å². The maximum Gasteiger partial charge on any atom is 0.416 e. The van der Waals surface area contributed by atoms with Crippen LogP contribution in [0, 0.1) is 0 Å². The molecular formula is C13H19F3IN3. The van der Waals surface area contributed by atoms with Crippen molar-refractivity contribution in [3.8, 4) is 0 Å². The van der Waals surface area contributed by atoms with E-state index in [0.29, 0.717) is 18.9 Å². The van der Waals surface area contributed by atoms with Crippen molar-refractivity contribution in [3.63, 3.8) is 0 Å². The molecule has 0 bridgehead atoms. The largest absolute Gasteiger partial charge is 0.416 e. The van der Waals surface area contributed by atoms with E-state index in [-0.39, 0.29) is 30.0 Å². The Morgan fingerprint density at radius 1 is 1.25 bits per heavy atom. The molecule has 0 aliphatic rings. The molecule has 20 heavy (non-hydrogen) atoms. The summed E-state index contributed by atoms with van der Waals surface area (Å²) in [6, 6.07) is 5.29. The average Bonchev–Trinajstić information content (AvgIpc) is 2.27. The molecule has 7 heteroatoms. The van der Waals surface area contributed by atoms with Crippen LogP contribution in [-0.2, 0) is 12.6 Å². The number of hydrogen-bond donors (Lipinski definition) is 2. The van der Waals surface area contributed by atoms with Gasteiger partial charge in [-0.2, -0.15) is 13.2 Å². The van der Waals surface area contributed by atoms with Crippen LogP contribution in [0.2, 0.25) is 0 Å². The zero-order chi connectivity index (χ0) is 14.5. The fourth-order valence-electron chi connectivity index (χ4n) is 1.51. The van der Waals surface area contributed by atoms with Gasteiger partial charge in [0.25, 0.3) is 0 Å². The van der Waals surface area contributed by atoms with Crippen molar-refractivity contribution in [3.05, 3.63) is 35.4 Å². The summed E-state index contributed by atoms with van der Waals surface area (Å²) in [5, 5.41) is 2.94. The molecule has 0 unspecified atom stereocenters. The molecule has 0 amide bonds. The van der Waals surface area contributed by atoms with Crippen LogP contribution in [0.4, 0.5) is 13.2 Å². The van der Waals surface area contributed by atoms with Gasteiger partial charge in [-0.3, -0.25) is 4.99 Å². The Kier molecular flexibility index (Phi) is 7.92. The van der Waals surface area contributed by atoms with Crippen molar-refractivity contribution in [1.82, 2.24) is 5.32 Å². The summed E-state index contributed by atoms with van der Waals surface area (Å²) in [5.41, 5.74) is 5.77. The number of rotatable bonds is 4. The van der Waals surface area contributed by atoms with Gasteiger partial charge < -0.3 is 11.1 Å². The Morgan fingerprint density at radius 2 is 1.80 bits per heavy atom. The number of halogens is 4. The number of nitrogens with zero attached hydrogens (tertiary/aromatic N) is 1. The molecule has 0 aliphatic carbocycles. The zero-order valence-electron chi connectivity index (χ0n) is 11.4. The molecule has 0 spiro atoms. The lowest BCUT2D eigenvalue weighted by atomic mass is 10.1. The molecule has 0 aromatic heterocycles. The van der Waals surface area contributed by atoms with Crippen molar-refractivity contribution in [1.29, 1.82) is 0 Å². The topological polar surface area (TPSA) is 50.4 Å². The first kappa shape index (κ1) is 19.0. The van der Waals surface area contributed by atoms with Gasteiger partial charge in [0, 0.05) is 12.6 Å². The van der Waals surface area contributed by atoms with Crippen molar-refractivity contribution >= 4 is 29.9 Å². The molecule has 0 atom stereocenters. The van der Waals surface area contributed by atoms with E-state index in [1.165, 1.54) is 12.1 Å². The fraction of sp³-hybridized carbons (Fsp3) is 0.462. The highest BCUT2D eigenvalue weighted by molar-refractivity contribution is 14.0. The van der Waals surface area contributed by atoms with Crippen molar-refractivity contribution in [2.24, 2.45) is 10.7 Å². The molecule has 3 nitrogen and oxygen atoms in total. The highest BCUT2D eigenvalue weighted by atomic mass is 127. The van der Waals surface area contributed by atoms with Gasteiger partial charge >= 0.3 is 6.18 Å². The first-order valence-electron chi connectivity index (χ1n) is 6.01. The maximum atomic E-state index is 12.4. The molecule has 1 rings (SSSR count). The number of guanidine groups is 1. The van der Waals surface area contributed by atoms with Crippen molar-refractivity contribution < 1.29 is 13.2 Å². The molecule has 3 N–H and O–H groups in total. The minimum atomic E-state index is -4.29. The quantitative estimate of drug-likeness (QED) is 0.463. The van der Waals surface area contributed by atoms with E-state index in [0.717, 1.165) is 17.7 Å². The number of alkyl halides is 3. The maximum absolute atomic E-state index is 12.4. The van der Waals surface area contributed by atoms with Gasteiger partial charge in [0.1, 0.15) is 0 Å². The Balaban J connectivity index is 0.00000361. The van der Waals surface area contributed by atoms with Gasteiger partial charge in [0.05, 0.1) is 5.56 Å². The number of hydrogen-bond acceptors (Lipinski definition) is 1. The predicted octanol–water partition coefficient (Wildman–Crippen LogP) is 3.18. The second-order valence-corrected chi connectivity index (χ2v) is 4.51. The third-order valence-electron chi connectivity index (χ3n) is 2.40. The first-order chi connectivity index (χ1) is 8.79. The van der Waals surface area contributed by atoms with E-state index in [9.17, 15) is 13.2 Å². The fourth-order valence-corrected chi connectivity index (χ4v) is 1.51. The molecule has 114 valence electrons. The highest BCUT2D eigenvalue weighted by Gasteiger charge is 2.29. The Hall–Kier alpha value is -0.990. The third-order valence-corrected chi connectivity index (χ3v) is 2.40. The molecule has 0 fully saturated rings. The van der Waals surface area contributed by atoms with E-state index in [2.05, 4.69) is 10.3 Å². The Bertz CT molecular complexity index is 427. The van der Waals surface area contributed by atoms with Crippen LogP contribution in [0.1, 0.15) is 25.0 Å². The van der Waals surface area contributed by atoms with Crippen LogP contribution in [0.5, 0.6) is 0 Å². The number of nitrogens with two attached hydrogens (primary N) is 1. The van der Waals surface area contributed by atoms with Gasteiger partial charge in [0.2, 0.25) is 0 Å². The minimum absolute atomic E-state index is 0. The standard InChI is InChI=1S/C13H18F3N3.HI/c1-9(2)19-12(17)18-8-7-10-3-5-11(6-4-10)13(14,15)16;/h3-6,9H,7-8H2,1-2H3,(H3,17,18,19);1H. The Morgan fingerprint density at radius 3 is 2.25 bits per heavy atom. The lowest BCUT2D eigenvalue weighted by molar-refractivity contribution is -0.137. The summed E-state index contributed by atoms with van der Waals surface area (Å²) in [6.45, 7) is 4.33. The van der Waals surface area contributed by atoms with Crippen LogP contribution in [0.15, 0.2) is 29.3 Å². The van der Waals surface area contributed by atoms with Gasteiger partial charge in [-0.05, 0) is 38.0 Å².